The van der Waals surface area contributed by atoms with Crippen LogP contribution in [0.15, 0.2) is 42.5 Å². The normalized spacial score (nSPS) is 12.0. The van der Waals surface area contributed by atoms with Gasteiger partial charge in [0.2, 0.25) is 0 Å². The van der Waals surface area contributed by atoms with Crippen LogP contribution in [0.5, 0.6) is 0 Å². The number of hydrogen-bond acceptors (Lipinski definition) is 3. The maximum Gasteiger partial charge on any atom is 0.251 e. The Labute approximate surface area is 129 Å². The Morgan fingerprint density at radius 2 is 1.77 bits per heavy atom. The average Bonchev–Trinajstić information content (AvgIpc) is 2.84. The van der Waals surface area contributed by atoms with Crippen LogP contribution in [-0.2, 0) is 4.74 Å². The Morgan fingerprint density at radius 3 is 2.55 bits per heavy atom. The number of rotatable bonds is 5. The lowest BCUT2D eigenvalue weighted by molar-refractivity contribution is 0.0948. The van der Waals surface area contributed by atoms with Crippen LogP contribution in [0, 0.1) is 0 Å². The Kier molecular flexibility index (Phi) is 4.02. The van der Waals surface area contributed by atoms with Gasteiger partial charge in [-0.2, -0.15) is 0 Å². The molecule has 2 aromatic rings. The summed E-state index contributed by atoms with van der Waals surface area (Å²) in [5, 5.41) is 2.83. The third kappa shape index (κ3) is 2.53. The molecule has 2 aromatic carbocycles. The van der Waals surface area contributed by atoms with E-state index in [0.29, 0.717) is 29.8 Å². The smallest absolute Gasteiger partial charge is 0.251 e. The molecule has 0 aliphatic heterocycles. The van der Waals surface area contributed by atoms with Crippen LogP contribution in [-0.4, -0.2) is 32.0 Å². The molecule has 1 amide bonds. The summed E-state index contributed by atoms with van der Waals surface area (Å²) in [6, 6.07) is 12.8. The first-order valence-corrected chi connectivity index (χ1v) is 7.27. The van der Waals surface area contributed by atoms with E-state index in [-0.39, 0.29) is 11.7 Å². The highest BCUT2D eigenvalue weighted by atomic mass is 16.5. The molecule has 1 aliphatic carbocycles. The zero-order valence-electron chi connectivity index (χ0n) is 12.4. The highest BCUT2D eigenvalue weighted by Crippen LogP contribution is 2.36. The van der Waals surface area contributed by atoms with E-state index in [1.54, 1.807) is 19.2 Å². The second-order valence-corrected chi connectivity index (χ2v) is 5.24. The van der Waals surface area contributed by atoms with E-state index in [9.17, 15) is 9.59 Å². The molecule has 0 radical (unpaired) electrons. The van der Waals surface area contributed by atoms with Crippen LogP contribution in [0.25, 0.3) is 11.1 Å². The molecular formula is C18H17NO3. The van der Waals surface area contributed by atoms with Crippen molar-refractivity contribution in [3.8, 4) is 11.1 Å². The van der Waals surface area contributed by atoms with Gasteiger partial charge in [0.05, 0.1) is 0 Å². The number of carbonyl (C=O) groups is 2. The fourth-order valence-electron chi connectivity index (χ4n) is 2.69. The maximum absolute atomic E-state index is 12.4. The van der Waals surface area contributed by atoms with Gasteiger partial charge in [0.15, 0.2) is 5.78 Å². The summed E-state index contributed by atoms with van der Waals surface area (Å²) in [5.41, 5.74) is 3.66. The number of nitrogens with one attached hydrogen (secondary N) is 1. The number of ether oxygens (including phenoxy) is 1. The van der Waals surface area contributed by atoms with E-state index >= 15 is 0 Å². The molecule has 0 aromatic heterocycles. The van der Waals surface area contributed by atoms with Gasteiger partial charge in [-0.25, -0.2) is 0 Å². The molecule has 4 heteroatoms. The Hall–Kier alpha value is -2.46. The molecule has 112 valence electrons. The van der Waals surface area contributed by atoms with Gasteiger partial charge in [-0.05, 0) is 29.7 Å². The van der Waals surface area contributed by atoms with Gasteiger partial charge in [-0.15, -0.1) is 0 Å². The van der Waals surface area contributed by atoms with Crippen molar-refractivity contribution in [3.63, 3.8) is 0 Å². The van der Waals surface area contributed by atoms with Gasteiger partial charge < -0.3 is 10.1 Å². The van der Waals surface area contributed by atoms with Crippen LogP contribution >= 0.6 is 0 Å². The molecule has 0 atom stereocenters. The molecule has 1 aliphatic rings. The van der Waals surface area contributed by atoms with E-state index < -0.39 is 0 Å². The summed E-state index contributed by atoms with van der Waals surface area (Å²) in [6.07, 6.45) is 0.761. The Bertz CT molecular complexity index is 737. The Balaban J connectivity index is 1.81. The first-order chi connectivity index (χ1) is 10.7. The van der Waals surface area contributed by atoms with Gasteiger partial charge >= 0.3 is 0 Å². The average molecular weight is 295 g/mol. The second kappa shape index (κ2) is 6.12. The molecule has 0 fully saturated rings. The molecule has 0 spiro atoms. The predicted octanol–water partition coefficient (Wildman–Crippen LogP) is 2.66. The van der Waals surface area contributed by atoms with Crippen molar-refractivity contribution < 1.29 is 14.3 Å². The standard InChI is InChI=1S/C18H17NO3/c1-22-10-4-9-19-18(21)12-7-8-14-13-5-2-3-6-15(13)17(20)16(14)11-12/h2-3,5-8,11H,4,9-10H2,1H3,(H,19,21). The number of methoxy groups -OCH3 is 1. The fourth-order valence-corrected chi connectivity index (χ4v) is 2.69. The summed E-state index contributed by atoms with van der Waals surface area (Å²) in [6.45, 7) is 1.16. The highest BCUT2D eigenvalue weighted by molar-refractivity contribution is 6.22. The van der Waals surface area contributed by atoms with Crippen LogP contribution in [0.3, 0.4) is 0 Å². The molecule has 4 nitrogen and oxygen atoms in total. The van der Waals surface area contributed by atoms with Gasteiger partial charge in [0.1, 0.15) is 0 Å². The van der Waals surface area contributed by atoms with Crippen LogP contribution < -0.4 is 5.32 Å². The minimum atomic E-state index is -0.164. The largest absolute Gasteiger partial charge is 0.385 e. The quantitative estimate of drug-likeness (QED) is 0.736. The number of fused-ring (bicyclic) bond motifs is 3. The minimum Gasteiger partial charge on any atom is -0.385 e. The zero-order chi connectivity index (χ0) is 15.5. The van der Waals surface area contributed by atoms with Crippen molar-refractivity contribution in [2.75, 3.05) is 20.3 Å². The van der Waals surface area contributed by atoms with Gasteiger partial charge in [-0.1, -0.05) is 30.3 Å². The minimum absolute atomic E-state index is 0.0142. The molecule has 0 bridgehead atoms. The number of carbonyl (C=O) groups excluding carboxylic acids is 2. The van der Waals surface area contributed by atoms with Crippen molar-refractivity contribution in [2.45, 2.75) is 6.42 Å². The topological polar surface area (TPSA) is 55.4 Å². The van der Waals surface area contributed by atoms with E-state index in [0.717, 1.165) is 17.5 Å². The van der Waals surface area contributed by atoms with Crippen molar-refractivity contribution in [1.82, 2.24) is 5.32 Å². The number of ketones is 1. The van der Waals surface area contributed by atoms with Gasteiger partial charge in [0.25, 0.3) is 5.91 Å². The SMILES string of the molecule is COCCCNC(=O)c1ccc2c(c1)C(=O)c1ccccc1-2. The van der Waals surface area contributed by atoms with Gasteiger partial charge in [0, 0.05) is 37.0 Å². The fraction of sp³-hybridized carbons (Fsp3) is 0.222. The number of benzene rings is 2. The summed E-state index contributed by atoms with van der Waals surface area (Å²) in [4.78, 5) is 24.5. The molecule has 22 heavy (non-hydrogen) atoms. The summed E-state index contributed by atoms with van der Waals surface area (Å²) in [7, 11) is 1.63. The van der Waals surface area contributed by atoms with E-state index in [2.05, 4.69) is 5.32 Å². The summed E-state index contributed by atoms with van der Waals surface area (Å²) >= 11 is 0. The zero-order valence-corrected chi connectivity index (χ0v) is 12.4. The predicted molar refractivity (Wildman–Crippen MR) is 84.1 cm³/mol. The first-order valence-electron chi connectivity index (χ1n) is 7.27. The van der Waals surface area contributed by atoms with Crippen LogP contribution in [0.4, 0.5) is 0 Å². The third-order valence-corrected chi connectivity index (χ3v) is 3.80. The molecule has 0 heterocycles. The molecule has 0 unspecified atom stereocenters. The third-order valence-electron chi connectivity index (χ3n) is 3.80. The first kappa shape index (κ1) is 14.5. The molecule has 0 saturated heterocycles. The van der Waals surface area contributed by atoms with Crippen LogP contribution in [0.2, 0.25) is 0 Å². The van der Waals surface area contributed by atoms with E-state index in [4.69, 9.17) is 4.74 Å². The lowest BCUT2D eigenvalue weighted by Gasteiger charge is -2.06. The second-order valence-electron chi connectivity index (χ2n) is 5.24. The maximum atomic E-state index is 12.4. The summed E-state index contributed by atoms with van der Waals surface area (Å²) in [5.74, 6) is -0.178. The molecule has 3 rings (SSSR count). The van der Waals surface area contributed by atoms with E-state index in [1.807, 2.05) is 30.3 Å². The van der Waals surface area contributed by atoms with Crippen molar-refractivity contribution in [1.29, 1.82) is 0 Å². The Morgan fingerprint density at radius 1 is 1.05 bits per heavy atom. The van der Waals surface area contributed by atoms with Crippen molar-refractivity contribution >= 4 is 11.7 Å². The molecule has 0 saturated carbocycles. The number of hydrogen-bond donors (Lipinski definition) is 1. The van der Waals surface area contributed by atoms with Crippen LogP contribution in [0.1, 0.15) is 32.7 Å². The van der Waals surface area contributed by atoms with Gasteiger partial charge in [-0.3, -0.25) is 9.59 Å². The van der Waals surface area contributed by atoms with Crippen molar-refractivity contribution in [2.24, 2.45) is 0 Å². The number of amides is 1. The highest BCUT2D eigenvalue weighted by Gasteiger charge is 2.26. The monoisotopic (exact) mass is 295 g/mol. The summed E-state index contributed by atoms with van der Waals surface area (Å²) < 4.78 is 4.94. The van der Waals surface area contributed by atoms with E-state index in [1.165, 1.54) is 0 Å². The lowest BCUT2D eigenvalue weighted by atomic mass is 10.0. The molecular weight excluding hydrogens is 278 g/mol. The van der Waals surface area contributed by atoms with Crippen molar-refractivity contribution in [3.05, 3.63) is 59.2 Å². The lowest BCUT2D eigenvalue weighted by Crippen LogP contribution is -2.25. The molecule has 1 N–H and O–H groups in total.